The normalized spacial score (nSPS) is 10.7. The van der Waals surface area contributed by atoms with E-state index in [9.17, 15) is 10.1 Å². The molecule has 0 aliphatic carbocycles. The second kappa shape index (κ2) is 8.90. The zero-order valence-electron chi connectivity index (χ0n) is 13.9. The van der Waals surface area contributed by atoms with Gasteiger partial charge in [-0.3, -0.25) is 4.79 Å². The molecule has 2 aromatic rings. The number of nitrogens with one attached hydrogen (secondary N) is 1. The van der Waals surface area contributed by atoms with Gasteiger partial charge in [-0.05, 0) is 33.6 Å². The molecule has 0 spiro atoms. The summed E-state index contributed by atoms with van der Waals surface area (Å²) in [6.07, 6.45) is 1.49. The molecule has 0 aliphatic rings. The van der Waals surface area contributed by atoms with Gasteiger partial charge in [0.25, 0.3) is 5.91 Å². The van der Waals surface area contributed by atoms with E-state index in [1.807, 2.05) is 36.4 Å². The van der Waals surface area contributed by atoms with Gasteiger partial charge in [0.2, 0.25) is 0 Å². The van der Waals surface area contributed by atoms with Crippen molar-refractivity contribution >= 4 is 27.9 Å². The van der Waals surface area contributed by atoms with Crippen LogP contribution in [0.15, 0.2) is 52.5 Å². The lowest BCUT2D eigenvalue weighted by atomic mass is 10.1. The van der Waals surface area contributed by atoms with Gasteiger partial charge in [-0.25, -0.2) is 0 Å². The van der Waals surface area contributed by atoms with E-state index in [1.54, 1.807) is 19.2 Å². The molecule has 1 N–H and O–H groups in total. The first-order valence-electron chi connectivity index (χ1n) is 7.44. The predicted octanol–water partition coefficient (Wildman–Crippen LogP) is 3.69. The van der Waals surface area contributed by atoms with Crippen LogP contribution >= 0.6 is 15.9 Å². The number of amides is 1. The molecular weight excluding hydrogens is 384 g/mol. The Morgan fingerprint density at radius 1 is 1.20 bits per heavy atom. The Kier molecular flexibility index (Phi) is 6.61. The van der Waals surface area contributed by atoms with Crippen molar-refractivity contribution in [1.82, 2.24) is 5.32 Å². The van der Waals surface area contributed by atoms with E-state index in [0.717, 1.165) is 5.56 Å². The number of hydrogen-bond acceptors (Lipinski definition) is 4. The highest BCUT2D eigenvalue weighted by molar-refractivity contribution is 9.10. The summed E-state index contributed by atoms with van der Waals surface area (Å²) in [5.41, 5.74) is 1.55. The van der Waals surface area contributed by atoms with Crippen LogP contribution in [0, 0.1) is 11.3 Å². The first-order valence-corrected chi connectivity index (χ1v) is 8.23. The van der Waals surface area contributed by atoms with Gasteiger partial charge in [-0.15, -0.1) is 0 Å². The van der Waals surface area contributed by atoms with Crippen LogP contribution in [0.2, 0.25) is 0 Å². The Morgan fingerprint density at radius 2 is 1.88 bits per heavy atom. The Bertz CT molecular complexity index is 827. The SMILES string of the molecule is COc1cc(OC)c(/C=C(\C#N)C(=O)NCc2ccccc2)cc1Br. The number of nitrogens with zero attached hydrogens (tertiary/aromatic N) is 1. The summed E-state index contributed by atoms with van der Waals surface area (Å²) in [5, 5.41) is 12.1. The third-order valence-electron chi connectivity index (χ3n) is 3.46. The van der Waals surface area contributed by atoms with Crippen LogP contribution in [-0.4, -0.2) is 20.1 Å². The van der Waals surface area contributed by atoms with E-state index in [2.05, 4.69) is 21.2 Å². The molecule has 0 heterocycles. The smallest absolute Gasteiger partial charge is 0.262 e. The van der Waals surface area contributed by atoms with Gasteiger partial charge in [0.05, 0.1) is 18.7 Å². The Morgan fingerprint density at radius 3 is 2.48 bits per heavy atom. The van der Waals surface area contributed by atoms with E-state index in [0.29, 0.717) is 28.1 Å². The van der Waals surface area contributed by atoms with E-state index < -0.39 is 5.91 Å². The molecule has 0 atom stereocenters. The molecule has 5 nitrogen and oxygen atoms in total. The first kappa shape index (κ1) is 18.6. The van der Waals surface area contributed by atoms with E-state index >= 15 is 0 Å². The zero-order chi connectivity index (χ0) is 18.2. The summed E-state index contributed by atoms with van der Waals surface area (Å²) in [5.74, 6) is 0.657. The molecule has 0 saturated carbocycles. The van der Waals surface area contributed by atoms with E-state index in [-0.39, 0.29) is 5.57 Å². The maximum Gasteiger partial charge on any atom is 0.262 e. The number of carbonyl (C=O) groups excluding carboxylic acids is 1. The average molecular weight is 401 g/mol. The minimum Gasteiger partial charge on any atom is -0.496 e. The lowest BCUT2D eigenvalue weighted by Gasteiger charge is -2.10. The Balaban J connectivity index is 2.23. The molecule has 1 amide bonds. The number of nitriles is 1. The zero-order valence-corrected chi connectivity index (χ0v) is 15.5. The standard InChI is InChI=1S/C19H17BrN2O3/c1-24-17-10-18(25-2)16(20)9-14(17)8-15(11-21)19(23)22-12-13-6-4-3-5-7-13/h3-10H,12H2,1-2H3,(H,22,23)/b15-8+. The summed E-state index contributed by atoms with van der Waals surface area (Å²) >= 11 is 3.39. The molecule has 0 saturated heterocycles. The average Bonchev–Trinajstić information content (AvgIpc) is 2.65. The van der Waals surface area contributed by atoms with Crippen molar-refractivity contribution in [3.8, 4) is 17.6 Å². The quantitative estimate of drug-likeness (QED) is 0.592. The third kappa shape index (κ3) is 4.85. The van der Waals surface area contributed by atoms with Crippen LogP contribution in [0.4, 0.5) is 0 Å². The third-order valence-corrected chi connectivity index (χ3v) is 4.08. The lowest BCUT2D eigenvalue weighted by Crippen LogP contribution is -2.23. The van der Waals surface area contributed by atoms with Gasteiger partial charge in [0.1, 0.15) is 23.1 Å². The highest BCUT2D eigenvalue weighted by atomic mass is 79.9. The van der Waals surface area contributed by atoms with E-state index in [4.69, 9.17) is 9.47 Å². The van der Waals surface area contributed by atoms with E-state index in [1.165, 1.54) is 13.2 Å². The fourth-order valence-corrected chi connectivity index (χ4v) is 2.70. The van der Waals surface area contributed by atoms with Gasteiger partial charge in [0.15, 0.2) is 0 Å². The van der Waals surface area contributed by atoms with Gasteiger partial charge < -0.3 is 14.8 Å². The van der Waals surface area contributed by atoms with Crippen molar-refractivity contribution in [2.45, 2.75) is 6.54 Å². The molecule has 128 valence electrons. The largest absolute Gasteiger partial charge is 0.496 e. The maximum atomic E-state index is 12.3. The van der Waals surface area contributed by atoms with Crippen molar-refractivity contribution in [3.05, 3.63) is 63.6 Å². The molecule has 6 heteroatoms. The van der Waals surface area contributed by atoms with Crippen LogP contribution in [0.25, 0.3) is 6.08 Å². The van der Waals surface area contributed by atoms with Gasteiger partial charge in [-0.1, -0.05) is 30.3 Å². The number of methoxy groups -OCH3 is 2. The van der Waals surface area contributed by atoms with Gasteiger partial charge in [0, 0.05) is 18.2 Å². The summed E-state index contributed by atoms with van der Waals surface area (Å²) in [4.78, 5) is 12.3. The van der Waals surface area contributed by atoms with Crippen LogP contribution in [0.5, 0.6) is 11.5 Å². The fraction of sp³-hybridized carbons (Fsp3) is 0.158. The van der Waals surface area contributed by atoms with Crippen LogP contribution < -0.4 is 14.8 Å². The van der Waals surface area contributed by atoms with Crippen molar-refractivity contribution in [3.63, 3.8) is 0 Å². The second-order valence-corrected chi connectivity index (χ2v) is 5.92. The molecule has 0 aliphatic heterocycles. The molecule has 2 rings (SSSR count). The summed E-state index contributed by atoms with van der Waals surface area (Å²) in [7, 11) is 3.06. The van der Waals surface area contributed by atoms with Crippen molar-refractivity contribution < 1.29 is 14.3 Å². The molecule has 0 fully saturated rings. The first-order chi connectivity index (χ1) is 12.1. The van der Waals surface area contributed by atoms with Crippen molar-refractivity contribution in [2.24, 2.45) is 0 Å². The maximum absolute atomic E-state index is 12.3. The summed E-state index contributed by atoms with van der Waals surface area (Å²) < 4.78 is 11.2. The van der Waals surface area contributed by atoms with Crippen LogP contribution in [-0.2, 0) is 11.3 Å². The molecule has 0 unspecified atom stereocenters. The van der Waals surface area contributed by atoms with Crippen molar-refractivity contribution in [1.29, 1.82) is 5.26 Å². The molecule has 0 aromatic heterocycles. The second-order valence-electron chi connectivity index (χ2n) is 5.07. The molecular formula is C19H17BrN2O3. The van der Waals surface area contributed by atoms with Gasteiger partial charge >= 0.3 is 0 Å². The number of rotatable bonds is 6. The number of ether oxygens (including phenoxy) is 2. The number of benzene rings is 2. The summed E-state index contributed by atoms with van der Waals surface area (Å²) in [6.45, 7) is 0.349. The lowest BCUT2D eigenvalue weighted by molar-refractivity contribution is -0.117. The monoisotopic (exact) mass is 400 g/mol. The van der Waals surface area contributed by atoms with Crippen molar-refractivity contribution in [2.75, 3.05) is 14.2 Å². The predicted molar refractivity (Wildman–Crippen MR) is 99.1 cm³/mol. The topological polar surface area (TPSA) is 71.3 Å². The Labute approximate surface area is 155 Å². The minimum atomic E-state index is -0.444. The minimum absolute atomic E-state index is 0.00806. The fourth-order valence-electron chi connectivity index (χ4n) is 2.17. The molecule has 2 aromatic carbocycles. The highest BCUT2D eigenvalue weighted by Crippen LogP contribution is 2.33. The highest BCUT2D eigenvalue weighted by Gasteiger charge is 2.13. The van der Waals surface area contributed by atoms with Crippen LogP contribution in [0.1, 0.15) is 11.1 Å². The number of hydrogen-bond donors (Lipinski definition) is 1. The molecule has 0 radical (unpaired) electrons. The Hall–Kier alpha value is -2.78. The van der Waals surface area contributed by atoms with Gasteiger partial charge in [-0.2, -0.15) is 5.26 Å². The summed E-state index contributed by atoms with van der Waals surface area (Å²) in [6, 6.07) is 14.8. The molecule has 0 bridgehead atoms. The molecule has 25 heavy (non-hydrogen) atoms. The number of carbonyl (C=O) groups is 1. The number of halogens is 1. The van der Waals surface area contributed by atoms with Crippen LogP contribution in [0.3, 0.4) is 0 Å².